The Balaban J connectivity index is 1.64. The van der Waals surface area contributed by atoms with Crippen molar-refractivity contribution in [1.82, 2.24) is 14.2 Å². The van der Waals surface area contributed by atoms with Crippen LogP contribution in [0, 0.1) is 5.82 Å². The highest BCUT2D eigenvalue weighted by Gasteiger charge is 2.30. The third kappa shape index (κ3) is 3.87. The van der Waals surface area contributed by atoms with Crippen molar-refractivity contribution in [2.24, 2.45) is 0 Å². The Labute approximate surface area is 156 Å². The molecule has 3 rings (SSSR count). The standard InChI is InChI=1S/C17H17ClFN3O3S/c18-15-4-1-5-16(19)14(15)11-17(23)21-7-9-22(10-8-21)26(24,25)13-3-2-6-20-12-13/h1-6,12H,7-11H2. The van der Waals surface area contributed by atoms with E-state index in [1.165, 1.54) is 45.9 Å². The highest BCUT2D eigenvalue weighted by molar-refractivity contribution is 7.89. The average molecular weight is 398 g/mol. The molecule has 0 atom stereocenters. The van der Waals surface area contributed by atoms with E-state index in [4.69, 9.17) is 11.6 Å². The second kappa shape index (κ2) is 7.69. The van der Waals surface area contributed by atoms with Gasteiger partial charge in [-0.25, -0.2) is 12.8 Å². The van der Waals surface area contributed by atoms with Crippen LogP contribution < -0.4 is 0 Å². The van der Waals surface area contributed by atoms with Crippen molar-refractivity contribution in [2.45, 2.75) is 11.3 Å². The minimum absolute atomic E-state index is 0.123. The van der Waals surface area contributed by atoms with Gasteiger partial charge in [-0.3, -0.25) is 9.78 Å². The highest BCUT2D eigenvalue weighted by Crippen LogP contribution is 2.21. The van der Waals surface area contributed by atoms with Crippen molar-refractivity contribution in [3.8, 4) is 0 Å². The third-order valence-electron chi connectivity index (χ3n) is 4.25. The van der Waals surface area contributed by atoms with E-state index in [2.05, 4.69) is 4.98 Å². The Morgan fingerprint density at radius 1 is 1.15 bits per heavy atom. The van der Waals surface area contributed by atoms with Crippen LogP contribution in [0.4, 0.5) is 4.39 Å². The molecule has 1 aliphatic heterocycles. The number of carbonyl (C=O) groups is 1. The Bertz CT molecular complexity index is 880. The van der Waals surface area contributed by atoms with Gasteiger partial charge in [0.05, 0.1) is 6.42 Å². The number of aromatic nitrogens is 1. The minimum Gasteiger partial charge on any atom is -0.340 e. The molecule has 2 aromatic rings. The van der Waals surface area contributed by atoms with Gasteiger partial charge in [0, 0.05) is 49.2 Å². The topological polar surface area (TPSA) is 70.6 Å². The monoisotopic (exact) mass is 397 g/mol. The number of rotatable bonds is 4. The molecule has 0 aliphatic carbocycles. The molecule has 2 heterocycles. The lowest BCUT2D eigenvalue weighted by Crippen LogP contribution is -2.50. The predicted molar refractivity (Wildman–Crippen MR) is 94.7 cm³/mol. The first-order valence-corrected chi connectivity index (χ1v) is 9.82. The number of sulfonamides is 1. The number of benzene rings is 1. The van der Waals surface area contributed by atoms with Gasteiger partial charge < -0.3 is 4.90 Å². The summed E-state index contributed by atoms with van der Waals surface area (Å²) in [6.45, 7) is 0.830. The Morgan fingerprint density at radius 2 is 1.88 bits per heavy atom. The van der Waals surface area contributed by atoms with E-state index in [0.717, 1.165) is 0 Å². The van der Waals surface area contributed by atoms with Crippen molar-refractivity contribution in [1.29, 1.82) is 0 Å². The molecule has 0 bridgehead atoms. The molecule has 0 spiro atoms. The molecule has 1 aliphatic rings. The van der Waals surface area contributed by atoms with Gasteiger partial charge in [0.25, 0.3) is 0 Å². The first-order valence-electron chi connectivity index (χ1n) is 8.00. The van der Waals surface area contributed by atoms with Crippen LogP contribution >= 0.6 is 11.6 Å². The predicted octanol–water partition coefficient (Wildman–Crippen LogP) is 1.95. The first-order chi connectivity index (χ1) is 12.4. The van der Waals surface area contributed by atoms with Gasteiger partial charge in [0.15, 0.2) is 0 Å². The number of nitrogens with zero attached hydrogens (tertiary/aromatic N) is 3. The van der Waals surface area contributed by atoms with E-state index in [-0.39, 0.29) is 54.0 Å². The number of piperazine rings is 1. The number of carbonyl (C=O) groups excluding carboxylic acids is 1. The number of hydrogen-bond donors (Lipinski definition) is 0. The minimum atomic E-state index is -3.63. The fourth-order valence-electron chi connectivity index (χ4n) is 2.79. The average Bonchev–Trinajstić information content (AvgIpc) is 2.65. The van der Waals surface area contributed by atoms with Crippen LogP contribution in [0.1, 0.15) is 5.56 Å². The quantitative estimate of drug-likeness (QED) is 0.790. The maximum Gasteiger partial charge on any atom is 0.244 e. The van der Waals surface area contributed by atoms with E-state index >= 15 is 0 Å². The summed E-state index contributed by atoms with van der Waals surface area (Å²) in [5.74, 6) is -0.806. The normalized spacial score (nSPS) is 15.8. The van der Waals surface area contributed by atoms with Gasteiger partial charge in [-0.05, 0) is 24.3 Å². The lowest BCUT2D eigenvalue weighted by Gasteiger charge is -2.34. The largest absolute Gasteiger partial charge is 0.340 e. The summed E-state index contributed by atoms with van der Waals surface area (Å²) < 4.78 is 40.3. The molecular weight excluding hydrogens is 381 g/mol. The molecule has 1 amide bonds. The lowest BCUT2D eigenvalue weighted by atomic mass is 10.1. The first kappa shape index (κ1) is 18.8. The second-order valence-corrected chi connectivity index (χ2v) is 8.20. The molecule has 9 heteroatoms. The van der Waals surface area contributed by atoms with Crippen LogP contribution in [0.25, 0.3) is 0 Å². The summed E-state index contributed by atoms with van der Waals surface area (Å²) >= 11 is 5.96. The van der Waals surface area contributed by atoms with Crippen molar-refractivity contribution in [2.75, 3.05) is 26.2 Å². The molecule has 0 unspecified atom stereocenters. The maximum atomic E-state index is 13.8. The van der Waals surface area contributed by atoms with Crippen LogP contribution in [0.5, 0.6) is 0 Å². The molecule has 26 heavy (non-hydrogen) atoms. The van der Waals surface area contributed by atoms with E-state index < -0.39 is 15.8 Å². The van der Waals surface area contributed by atoms with Crippen LogP contribution in [0.15, 0.2) is 47.6 Å². The molecule has 138 valence electrons. The molecule has 0 N–H and O–H groups in total. The van der Waals surface area contributed by atoms with Gasteiger partial charge in [-0.15, -0.1) is 0 Å². The van der Waals surface area contributed by atoms with Crippen LogP contribution in [-0.4, -0.2) is 54.7 Å². The summed E-state index contributed by atoms with van der Waals surface area (Å²) in [4.78, 5) is 17.9. The molecular formula is C17H17ClFN3O3S. The molecule has 0 radical (unpaired) electrons. The zero-order valence-electron chi connectivity index (χ0n) is 13.8. The molecule has 1 fully saturated rings. The van der Waals surface area contributed by atoms with Gasteiger partial charge in [-0.2, -0.15) is 4.31 Å². The molecule has 1 saturated heterocycles. The van der Waals surface area contributed by atoms with E-state index in [1.54, 1.807) is 6.07 Å². The summed E-state index contributed by atoms with van der Waals surface area (Å²) in [6, 6.07) is 7.32. The summed E-state index contributed by atoms with van der Waals surface area (Å²) in [7, 11) is -3.63. The van der Waals surface area contributed by atoms with Crippen LogP contribution in [0.2, 0.25) is 5.02 Å². The van der Waals surface area contributed by atoms with E-state index in [1.807, 2.05) is 0 Å². The van der Waals surface area contributed by atoms with Gasteiger partial charge in [-0.1, -0.05) is 17.7 Å². The molecule has 6 nitrogen and oxygen atoms in total. The number of halogens is 2. The number of pyridine rings is 1. The highest BCUT2D eigenvalue weighted by atomic mass is 35.5. The molecule has 0 saturated carbocycles. The van der Waals surface area contributed by atoms with Gasteiger partial charge in [0.1, 0.15) is 10.7 Å². The summed E-state index contributed by atoms with van der Waals surface area (Å²) in [6.07, 6.45) is 2.65. The number of amides is 1. The van der Waals surface area contributed by atoms with Crippen LogP contribution in [-0.2, 0) is 21.2 Å². The Hall–Kier alpha value is -2.03. The zero-order chi connectivity index (χ0) is 18.7. The summed E-state index contributed by atoms with van der Waals surface area (Å²) in [5.41, 5.74) is 0.157. The Kier molecular flexibility index (Phi) is 5.55. The summed E-state index contributed by atoms with van der Waals surface area (Å²) in [5, 5.41) is 0.205. The zero-order valence-corrected chi connectivity index (χ0v) is 15.4. The van der Waals surface area contributed by atoms with E-state index in [0.29, 0.717) is 0 Å². The van der Waals surface area contributed by atoms with Crippen molar-refractivity contribution < 1.29 is 17.6 Å². The molecule has 1 aromatic heterocycles. The van der Waals surface area contributed by atoms with Gasteiger partial charge >= 0.3 is 0 Å². The lowest BCUT2D eigenvalue weighted by molar-refractivity contribution is -0.131. The smallest absolute Gasteiger partial charge is 0.244 e. The fourth-order valence-corrected chi connectivity index (χ4v) is 4.41. The Morgan fingerprint density at radius 3 is 2.50 bits per heavy atom. The second-order valence-electron chi connectivity index (χ2n) is 5.85. The SMILES string of the molecule is O=C(Cc1c(F)cccc1Cl)N1CCN(S(=O)(=O)c2cccnc2)CC1. The maximum absolute atomic E-state index is 13.8. The number of hydrogen-bond acceptors (Lipinski definition) is 4. The fraction of sp³-hybridized carbons (Fsp3) is 0.294. The van der Waals surface area contributed by atoms with Gasteiger partial charge in [0.2, 0.25) is 15.9 Å². The third-order valence-corrected chi connectivity index (χ3v) is 6.49. The van der Waals surface area contributed by atoms with Crippen molar-refractivity contribution in [3.05, 3.63) is 59.1 Å². The van der Waals surface area contributed by atoms with Crippen LogP contribution in [0.3, 0.4) is 0 Å². The van der Waals surface area contributed by atoms with E-state index in [9.17, 15) is 17.6 Å². The van der Waals surface area contributed by atoms with Crippen molar-refractivity contribution >= 4 is 27.5 Å². The molecule has 1 aromatic carbocycles. The van der Waals surface area contributed by atoms with Crippen molar-refractivity contribution in [3.63, 3.8) is 0 Å².